The number of para-hydroxylation sites is 1. The lowest BCUT2D eigenvalue weighted by molar-refractivity contribution is -0.137. The fourth-order valence-electron chi connectivity index (χ4n) is 3.77. The summed E-state index contributed by atoms with van der Waals surface area (Å²) in [5.41, 5.74) is 4.15. The lowest BCUT2D eigenvalue weighted by Gasteiger charge is -2.27. The number of allylic oxidation sites excluding steroid dienone is 1. The summed E-state index contributed by atoms with van der Waals surface area (Å²) in [5, 5.41) is 0.926. The van der Waals surface area contributed by atoms with Crippen molar-refractivity contribution in [2.45, 2.75) is 26.3 Å². The normalized spacial score (nSPS) is 15.3. The number of benzene rings is 3. The molecule has 1 aliphatic heterocycles. The maximum atomic E-state index is 13.3. The van der Waals surface area contributed by atoms with Crippen LogP contribution in [-0.4, -0.2) is 34.7 Å². The van der Waals surface area contributed by atoms with Crippen LogP contribution in [-0.2, 0) is 14.4 Å². The number of amides is 4. The third-order valence-corrected chi connectivity index (χ3v) is 5.59. The molecule has 0 bridgehead atoms. The van der Waals surface area contributed by atoms with Crippen molar-refractivity contribution in [2.75, 3.05) is 4.90 Å². The Morgan fingerprint density at radius 3 is 2.22 bits per heavy atom. The molecule has 0 saturated carbocycles. The number of ether oxygens (including phenoxy) is 1. The van der Waals surface area contributed by atoms with Gasteiger partial charge in [0.15, 0.2) is 0 Å². The first kappa shape index (κ1) is 24.4. The molecule has 1 unspecified atom stereocenters. The number of nitrogens with zero attached hydrogens (tertiary/aromatic N) is 2. The van der Waals surface area contributed by atoms with Crippen molar-refractivity contribution in [2.24, 2.45) is 0 Å². The van der Waals surface area contributed by atoms with Gasteiger partial charge in [-0.15, -0.1) is 0 Å². The Kier molecular flexibility index (Phi) is 7.25. The highest BCUT2D eigenvalue weighted by molar-refractivity contribution is 6.23. The molecule has 1 N–H and O–H groups in total. The molecule has 36 heavy (non-hydrogen) atoms. The van der Waals surface area contributed by atoms with E-state index in [1.54, 1.807) is 55.5 Å². The number of rotatable bonds is 6. The Bertz CT molecular complexity index is 1300. The van der Waals surface area contributed by atoms with E-state index in [2.05, 4.69) is 5.43 Å². The van der Waals surface area contributed by atoms with E-state index in [1.807, 2.05) is 37.3 Å². The van der Waals surface area contributed by atoms with Crippen LogP contribution in [0.3, 0.4) is 0 Å². The van der Waals surface area contributed by atoms with E-state index in [0.717, 1.165) is 15.5 Å². The van der Waals surface area contributed by atoms with Crippen LogP contribution in [0.5, 0.6) is 11.5 Å². The van der Waals surface area contributed by atoms with Gasteiger partial charge < -0.3 is 4.74 Å². The van der Waals surface area contributed by atoms with Crippen molar-refractivity contribution in [3.05, 3.63) is 102 Å². The number of hydrazine groups is 1. The summed E-state index contributed by atoms with van der Waals surface area (Å²) in [6.45, 7) is 3.53. The second-order valence-electron chi connectivity index (χ2n) is 8.21. The first-order valence-corrected chi connectivity index (χ1v) is 11.4. The number of aryl methyl sites for hydroxylation is 1. The highest BCUT2D eigenvalue weighted by Gasteiger charge is 2.45. The number of nitrogens with one attached hydrogen (secondary N) is 1. The minimum absolute atomic E-state index is 0.265. The molecule has 8 heteroatoms. The van der Waals surface area contributed by atoms with Gasteiger partial charge in [-0.1, -0.05) is 42.0 Å². The average molecular weight is 484 g/mol. The molecule has 1 heterocycles. The second kappa shape index (κ2) is 10.7. The lowest BCUT2D eigenvalue weighted by atomic mass is 10.1. The van der Waals surface area contributed by atoms with Gasteiger partial charge in [0.2, 0.25) is 5.91 Å². The quantitative estimate of drug-likeness (QED) is 0.323. The van der Waals surface area contributed by atoms with Gasteiger partial charge in [-0.25, -0.2) is 9.91 Å². The Morgan fingerprint density at radius 2 is 1.58 bits per heavy atom. The summed E-state index contributed by atoms with van der Waals surface area (Å²) in [4.78, 5) is 52.8. The van der Waals surface area contributed by atoms with Crippen molar-refractivity contribution in [1.82, 2.24) is 10.4 Å². The average Bonchev–Trinajstić information content (AvgIpc) is 3.17. The minimum Gasteiger partial charge on any atom is -0.457 e. The minimum atomic E-state index is -1.18. The van der Waals surface area contributed by atoms with Gasteiger partial charge in [0.1, 0.15) is 17.5 Å². The molecule has 1 fully saturated rings. The number of imide groups is 1. The van der Waals surface area contributed by atoms with Crippen molar-refractivity contribution >= 4 is 29.3 Å². The van der Waals surface area contributed by atoms with Crippen molar-refractivity contribution in [1.29, 1.82) is 0 Å². The number of anilines is 1. The highest BCUT2D eigenvalue weighted by Crippen LogP contribution is 2.29. The van der Waals surface area contributed by atoms with Gasteiger partial charge in [-0.2, -0.15) is 0 Å². The summed E-state index contributed by atoms with van der Waals surface area (Å²) in [6, 6.07) is 21.3. The Hall–Kier alpha value is -4.72. The van der Waals surface area contributed by atoms with Crippen molar-refractivity contribution in [3.63, 3.8) is 0 Å². The lowest BCUT2D eigenvalue weighted by Crippen LogP contribution is -2.54. The fourth-order valence-corrected chi connectivity index (χ4v) is 3.77. The van der Waals surface area contributed by atoms with E-state index in [9.17, 15) is 19.2 Å². The van der Waals surface area contributed by atoms with Crippen LogP contribution in [0.2, 0.25) is 0 Å². The van der Waals surface area contributed by atoms with Crippen molar-refractivity contribution in [3.8, 4) is 11.5 Å². The zero-order chi connectivity index (χ0) is 25.7. The van der Waals surface area contributed by atoms with Gasteiger partial charge in [0.25, 0.3) is 17.7 Å². The standard InChI is InChI=1S/C28H25N3O5/c1-3-7-25(32)31(29-27(34)20-12-10-19(2)11-13-20)24-18-26(33)30(28(24)35)21-14-16-23(17-15-21)36-22-8-5-4-6-9-22/h3-17,24H,18H2,1-2H3,(H,29,34). The van der Waals surface area contributed by atoms with E-state index in [-0.39, 0.29) is 6.42 Å². The summed E-state index contributed by atoms with van der Waals surface area (Å²) in [7, 11) is 0. The van der Waals surface area contributed by atoms with E-state index >= 15 is 0 Å². The van der Waals surface area contributed by atoms with E-state index in [4.69, 9.17) is 4.74 Å². The monoisotopic (exact) mass is 483 g/mol. The summed E-state index contributed by atoms with van der Waals surface area (Å²) >= 11 is 0. The van der Waals surface area contributed by atoms with Crippen LogP contribution in [0.15, 0.2) is 91.0 Å². The molecule has 1 aliphatic rings. The molecule has 0 spiro atoms. The smallest absolute Gasteiger partial charge is 0.269 e. The fraction of sp³-hybridized carbons (Fsp3) is 0.143. The SMILES string of the molecule is CC=CC(=O)N(NC(=O)c1ccc(C)cc1)C1CC(=O)N(c2ccc(Oc3ccccc3)cc2)C1=O. The Balaban J connectivity index is 1.54. The number of carbonyl (C=O) groups is 4. The molecular weight excluding hydrogens is 458 g/mol. The van der Waals surface area contributed by atoms with Gasteiger partial charge >= 0.3 is 0 Å². The molecule has 4 amide bonds. The highest BCUT2D eigenvalue weighted by atomic mass is 16.5. The molecule has 3 aromatic rings. The van der Waals surface area contributed by atoms with Crippen LogP contribution < -0.4 is 15.1 Å². The predicted molar refractivity (Wildman–Crippen MR) is 134 cm³/mol. The first-order valence-electron chi connectivity index (χ1n) is 11.4. The van der Waals surface area contributed by atoms with E-state index < -0.39 is 29.7 Å². The molecule has 0 aromatic heterocycles. The largest absolute Gasteiger partial charge is 0.457 e. The van der Waals surface area contributed by atoms with Gasteiger partial charge in [0, 0.05) is 11.6 Å². The maximum absolute atomic E-state index is 13.3. The van der Waals surface area contributed by atoms with Crippen LogP contribution in [0.4, 0.5) is 5.69 Å². The molecule has 0 aliphatic carbocycles. The molecule has 1 atom stereocenters. The Morgan fingerprint density at radius 1 is 0.944 bits per heavy atom. The maximum Gasteiger partial charge on any atom is 0.269 e. The zero-order valence-electron chi connectivity index (χ0n) is 19.9. The Labute approximate surface area is 208 Å². The zero-order valence-corrected chi connectivity index (χ0v) is 19.9. The van der Waals surface area contributed by atoms with Crippen LogP contribution >= 0.6 is 0 Å². The van der Waals surface area contributed by atoms with Gasteiger partial charge in [-0.3, -0.25) is 24.6 Å². The van der Waals surface area contributed by atoms with Crippen LogP contribution in [0.25, 0.3) is 0 Å². The number of hydrogen-bond acceptors (Lipinski definition) is 5. The third-order valence-electron chi connectivity index (χ3n) is 5.59. The van der Waals surface area contributed by atoms with E-state index in [1.165, 1.54) is 12.2 Å². The topological polar surface area (TPSA) is 96.0 Å². The van der Waals surface area contributed by atoms with Crippen LogP contribution in [0.1, 0.15) is 29.3 Å². The third kappa shape index (κ3) is 5.33. The predicted octanol–water partition coefficient (Wildman–Crippen LogP) is 4.17. The molecule has 8 nitrogen and oxygen atoms in total. The second-order valence-corrected chi connectivity index (χ2v) is 8.21. The molecule has 0 radical (unpaired) electrons. The number of carbonyl (C=O) groups excluding carboxylic acids is 4. The molecule has 182 valence electrons. The van der Waals surface area contributed by atoms with Gasteiger partial charge in [0.05, 0.1) is 12.1 Å². The summed E-state index contributed by atoms with van der Waals surface area (Å²) in [6.07, 6.45) is 2.46. The molecule has 4 rings (SSSR count). The first-order chi connectivity index (χ1) is 17.4. The number of hydrogen-bond donors (Lipinski definition) is 1. The summed E-state index contributed by atoms with van der Waals surface area (Å²) < 4.78 is 5.76. The van der Waals surface area contributed by atoms with Gasteiger partial charge in [-0.05, 0) is 62.4 Å². The van der Waals surface area contributed by atoms with Crippen LogP contribution in [0, 0.1) is 6.92 Å². The van der Waals surface area contributed by atoms with E-state index in [0.29, 0.717) is 22.7 Å². The molecular formula is C28H25N3O5. The van der Waals surface area contributed by atoms with Crippen molar-refractivity contribution < 1.29 is 23.9 Å². The summed E-state index contributed by atoms with van der Waals surface area (Å²) in [5.74, 6) is -1.08. The molecule has 3 aromatic carbocycles. The molecule has 1 saturated heterocycles.